The standard InChI is InChI=1S/C14H17F2N3S/c1-2-7-19-10-11(9-18-19)8-17-12-5-3-4-6-13(12)20-14(15)16/h3-6,9-10,14,17H,2,7-8H2,1H3. The van der Waals surface area contributed by atoms with Crippen molar-refractivity contribution in [3.63, 3.8) is 0 Å². The van der Waals surface area contributed by atoms with E-state index in [0.717, 1.165) is 24.2 Å². The average Bonchev–Trinajstić information content (AvgIpc) is 2.85. The van der Waals surface area contributed by atoms with E-state index < -0.39 is 5.76 Å². The highest BCUT2D eigenvalue weighted by Gasteiger charge is 2.09. The Kier molecular flexibility index (Phi) is 5.40. The highest BCUT2D eigenvalue weighted by atomic mass is 32.2. The Morgan fingerprint density at radius 3 is 2.90 bits per heavy atom. The molecule has 1 N–H and O–H groups in total. The lowest BCUT2D eigenvalue weighted by Gasteiger charge is -2.10. The summed E-state index contributed by atoms with van der Waals surface area (Å²) < 4.78 is 26.8. The van der Waals surface area contributed by atoms with E-state index in [1.165, 1.54) is 0 Å². The fraction of sp³-hybridized carbons (Fsp3) is 0.357. The highest BCUT2D eigenvalue weighted by molar-refractivity contribution is 7.99. The molecule has 3 nitrogen and oxygen atoms in total. The van der Waals surface area contributed by atoms with Crippen molar-refractivity contribution in [2.24, 2.45) is 0 Å². The van der Waals surface area contributed by atoms with Gasteiger partial charge in [0, 0.05) is 35.4 Å². The van der Waals surface area contributed by atoms with Crippen LogP contribution in [0.2, 0.25) is 0 Å². The maximum absolute atomic E-state index is 12.5. The summed E-state index contributed by atoms with van der Waals surface area (Å²) in [5.74, 6) is -2.41. The molecule has 0 fully saturated rings. The Bertz CT molecular complexity index is 543. The third-order valence-electron chi connectivity index (χ3n) is 2.73. The van der Waals surface area contributed by atoms with Crippen LogP contribution >= 0.6 is 11.8 Å². The van der Waals surface area contributed by atoms with Crippen molar-refractivity contribution in [3.8, 4) is 0 Å². The lowest BCUT2D eigenvalue weighted by molar-refractivity contribution is 0.252. The molecule has 0 atom stereocenters. The molecular weight excluding hydrogens is 280 g/mol. The first-order valence-electron chi connectivity index (χ1n) is 6.48. The molecule has 0 spiro atoms. The molecule has 0 radical (unpaired) electrons. The number of nitrogens with zero attached hydrogens (tertiary/aromatic N) is 2. The lowest BCUT2D eigenvalue weighted by atomic mass is 10.3. The second kappa shape index (κ2) is 7.28. The van der Waals surface area contributed by atoms with Crippen molar-refractivity contribution in [3.05, 3.63) is 42.2 Å². The summed E-state index contributed by atoms with van der Waals surface area (Å²) in [6.07, 6.45) is 4.80. The molecular formula is C14H17F2N3S. The SMILES string of the molecule is CCCn1cc(CNc2ccccc2SC(F)F)cn1. The van der Waals surface area contributed by atoms with Gasteiger partial charge >= 0.3 is 0 Å². The number of anilines is 1. The number of para-hydroxylation sites is 1. The zero-order valence-corrected chi connectivity index (χ0v) is 12.0. The van der Waals surface area contributed by atoms with Crippen LogP contribution in [0.15, 0.2) is 41.6 Å². The second-order valence-corrected chi connectivity index (χ2v) is 5.37. The third-order valence-corrected chi connectivity index (χ3v) is 3.51. The predicted molar refractivity (Wildman–Crippen MR) is 78.1 cm³/mol. The van der Waals surface area contributed by atoms with E-state index in [0.29, 0.717) is 23.2 Å². The number of aromatic nitrogens is 2. The molecule has 2 rings (SSSR count). The van der Waals surface area contributed by atoms with Crippen molar-refractivity contribution in [1.29, 1.82) is 0 Å². The minimum Gasteiger partial charge on any atom is -0.380 e. The molecule has 0 bridgehead atoms. The maximum Gasteiger partial charge on any atom is 0.288 e. The molecule has 1 heterocycles. The van der Waals surface area contributed by atoms with Gasteiger partial charge in [-0.15, -0.1) is 0 Å². The first kappa shape index (κ1) is 14.8. The van der Waals surface area contributed by atoms with Crippen LogP contribution in [0.4, 0.5) is 14.5 Å². The van der Waals surface area contributed by atoms with Gasteiger partial charge in [0.25, 0.3) is 5.76 Å². The van der Waals surface area contributed by atoms with E-state index in [4.69, 9.17) is 0 Å². The monoisotopic (exact) mass is 297 g/mol. The van der Waals surface area contributed by atoms with Crippen LogP contribution in [-0.4, -0.2) is 15.5 Å². The second-order valence-electron chi connectivity index (χ2n) is 4.34. The van der Waals surface area contributed by atoms with Crippen molar-refractivity contribution in [2.75, 3.05) is 5.32 Å². The molecule has 1 aromatic heterocycles. The number of aryl methyl sites for hydroxylation is 1. The highest BCUT2D eigenvalue weighted by Crippen LogP contribution is 2.31. The van der Waals surface area contributed by atoms with Crippen molar-refractivity contribution in [1.82, 2.24) is 9.78 Å². The molecule has 0 unspecified atom stereocenters. The smallest absolute Gasteiger partial charge is 0.288 e. The number of halogens is 2. The first-order chi connectivity index (χ1) is 9.69. The summed E-state index contributed by atoms with van der Waals surface area (Å²) in [6.45, 7) is 3.56. The first-order valence-corrected chi connectivity index (χ1v) is 7.36. The van der Waals surface area contributed by atoms with Gasteiger partial charge in [-0.25, -0.2) is 0 Å². The van der Waals surface area contributed by atoms with E-state index in [1.54, 1.807) is 24.4 Å². The average molecular weight is 297 g/mol. The van der Waals surface area contributed by atoms with Crippen molar-refractivity contribution in [2.45, 2.75) is 37.1 Å². The number of benzene rings is 1. The molecule has 0 amide bonds. The summed E-state index contributed by atoms with van der Waals surface area (Å²) in [5.41, 5.74) is 1.76. The molecule has 0 aliphatic carbocycles. The van der Waals surface area contributed by atoms with Crippen LogP contribution in [0.25, 0.3) is 0 Å². The quantitative estimate of drug-likeness (QED) is 0.776. The third kappa shape index (κ3) is 4.23. The maximum atomic E-state index is 12.5. The van der Waals surface area contributed by atoms with Gasteiger partial charge in [0.2, 0.25) is 0 Å². The fourth-order valence-electron chi connectivity index (χ4n) is 1.86. The molecule has 6 heteroatoms. The van der Waals surface area contributed by atoms with Crippen molar-refractivity contribution < 1.29 is 8.78 Å². The van der Waals surface area contributed by atoms with Gasteiger partial charge in [0.05, 0.1) is 6.20 Å². The van der Waals surface area contributed by atoms with E-state index in [2.05, 4.69) is 17.3 Å². The number of hydrogen-bond acceptors (Lipinski definition) is 3. The largest absolute Gasteiger partial charge is 0.380 e. The molecule has 0 aliphatic rings. The Morgan fingerprint density at radius 2 is 2.15 bits per heavy atom. The summed E-state index contributed by atoms with van der Waals surface area (Å²) in [6, 6.07) is 7.09. The number of rotatable bonds is 7. The van der Waals surface area contributed by atoms with Gasteiger partial charge in [0.1, 0.15) is 0 Å². The predicted octanol–water partition coefficient (Wildman–Crippen LogP) is 4.22. The Balaban J connectivity index is 1.99. The minimum atomic E-state index is -2.41. The summed E-state index contributed by atoms with van der Waals surface area (Å²) in [5, 5.41) is 7.42. The number of nitrogens with one attached hydrogen (secondary N) is 1. The van der Waals surface area contributed by atoms with Crippen LogP contribution in [0.3, 0.4) is 0 Å². The van der Waals surface area contributed by atoms with Crippen LogP contribution in [0.1, 0.15) is 18.9 Å². The summed E-state index contributed by atoms with van der Waals surface area (Å²) in [4.78, 5) is 0.559. The molecule has 20 heavy (non-hydrogen) atoms. The zero-order chi connectivity index (χ0) is 14.4. The molecule has 2 aromatic rings. The topological polar surface area (TPSA) is 29.9 Å². The Morgan fingerprint density at radius 1 is 1.35 bits per heavy atom. The number of thioether (sulfide) groups is 1. The van der Waals surface area contributed by atoms with Crippen LogP contribution < -0.4 is 5.32 Å². The van der Waals surface area contributed by atoms with Crippen LogP contribution in [0, 0.1) is 0 Å². The Labute approximate surface area is 121 Å². The van der Waals surface area contributed by atoms with Gasteiger partial charge in [-0.3, -0.25) is 4.68 Å². The number of alkyl halides is 2. The van der Waals surface area contributed by atoms with Crippen molar-refractivity contribution >= 4 is 17.4 Å². The van der Waals surface area contributed by atoms with E-state index >= 15 is 0 Å². The molecule has 0 saturated carbocycles. The van der Waals surface area contributed by atoms with Gasteiger partial charge in [-0.1, -0.05) is 30.8 Å². The van der Waals surface area contributed by atoms with Gasteiger partial charge < -0.3 is 5.32 Å². The molecule has 0 saturated heterocycles. The van der Waals surface area contributed by atoms with E-state index in [1.807, 2.05) is 16.9 Å². The number of hydrogen-bond donors (Lipinski definition) is 1. The normalized spacial score (nSPS) is 11.0. The van der Waals surface area contributed by atoms with Gasteiger partial charge in [-0.05, 0) is 18.6 Å². The fourth-order valence-corrected chi connectivity index (χ4v) is 2.47. The zero-order valence-electron chi connectivity index (χ0n) is 11.2. The van der Waals surface area contributed by atoms with E-state index in [9.17, 15) is 8.78 Å². The van der Waals surface area contributed by atoms with Crippen LogP contribution in [0.5, 0.6) is 0 Å². The van der Waals surface area contributed by atoms with Gasteiger partial charge in [-0.2, -0.15) is 13.9 Å². The summed E-state index contributed by atoms with van der Waals surface area (Å²) >= 11 is 0.557. The Hall–Kier alpha value is -1.56. The summed E-state index contributed by atoms with van der Waals surface area (Å²) in [7, 11) is 0. The van der Waals surface area contributed by atoms with Gasteiger partial charge in [0.15, 0.2) is 0 Å². The molecule has 1 aromatic carbocycles. The minimum absolute atomic E-state index is 0.557. The molecule has 0 aliphatic heterocycles. The lowest BCUT2D eigenvalue weighted by Crippen LogP contribution is -2.00. The molecule has 108 valence electrons. The van der Waals surface area contributed by atoms with Crippen LogP contribution in [-0.2, 0) is 13.1 Å². The van der Waals surface area contributed by atoms with E-state index in [-0.39, 0.29) is 0 Å².